The van der Waals surface area contributed by atoms with Crippen LogP contribution in [-0.4, -0.2) is 8.07 Å². The Morgan fingerprint density at radius 3 is 2.53 bits per heavy atom. The smallest absolute Gasteiger partial charge is 0.0451 e. The van der Waals surface area contributed by atoms with Crippen molar-refractivity contribution in [1.82, 2.24) is 0 Å². The van der Waals surface area contributed by atoms with Crippen molar-refractivity contribution in [2.75, 3.05) is 0 Å². The van der Waals surface area contributed by atoms with Crippen molar-refractivity contribution in [2.24, 2.45) is 5.92 Å². The van der Waals surface area contributed by atoms with E-state index >= 15 is 0 Å². The van der Waals surface area contributed by atoms with E-state index in [2.05, 4.69) is 32.6 Å². The lowest BCUT2D eigenvalue weighted by Crippen LogP contribution is -2.24. The van der Waals surface area contributed by atoms with Gasteiger partial charge in [0.2, 0.25) is 0 Å². The summed E-state index contributed by atoms with van der Waals surface area (Å²) >= 11 is 0. The molecule has 0 N–H and O–H groups in total. The van der Waals surface area contributed by atoms with Crippen LogP contribution < -0.4 is 0 Å². The van der Waals surface area contributed by atoms with E-state index in [1.165, 1.54) is 37.3 Å². The van der Waals surface area contributed by atoms with Gasteiger partial charge in [-0.05, 0) is 55.9 Å². The Morgan fingerprint density at radius 1 is 1.20 bits per heavy atom. The maximum Gasteiger partial charge on any atom is 0.0451 e. The zero-order valence-corrected chi connectivity index (χ0v) is 11.6. The topological polar surface area (TPSA) is 0 Å². The minimum atomic E-state index is -0.938. The summed E-state index contributed by atoms with van der Waals surface area (Å²) in [5.41, 5.74) is 4.93. The monoisotopic (exact) mass is 219 g/mol. The minimum absolute atomic E-state index is 0.701. The maximum absolute atomic E-state index is 3.73. The molecule has 0 aliphatic heterocycles. The van der Waals surface area contributed by atoms with Gasteiger partial charge in [-0.1, -0.05) is 25.2 Å². The van der Waals surface area contributed by atoms with Gasteiger partial charge >= 0.3 is 0 Å². The molecule has 1 atom stereocenters. The highest BCUT2D eigenvalue weighted by Crippen LogP contribution is 2.42. The van der Waals surface area contributed by atoms with Crippen LogP contribution in [0.25, 0.3) is 0 Å². The standard InChI is InChI=1S/C14H23Si/c1-11-9-12(10-15(2,3)4)14-8-6-5-7-13(11)14/h12H,5-8,10H2,1-4H3. The van der Waals surface area contributed by atoms with E-state index in [-0.39, 0.29) is 0 Å². The van der Waals surface area contributed by atoms with Gasteiger partial charge in [-0.3, -0.25) is 0 Å². The Balaban J connectivity index is 2.18. The first-order valence-electron chi connectivity index (χ1n) is 6.30. The van der Waals surface area contributed by atoms with Gasteiger partial charge < -0.3 is 0 Å². The third-order valence-electron chi connectivity index (χ3n) is 3.59. The molecule has 0 aromatic heterocycles. The van der Waals surface area contributed by atoms with Gasteiger partial charge in [0, 0.05) is 14.0 Å². The Labute approximate surface area is 95.5 Å². The molecule has 2 aliphatic rings. The highest BCUT2D eigenvalue weighted by molar-refractivity contribution is 6.76. The van der Waals surface area contributed by atoms with E-state index in [9.17, 15) is 0 Å². The molecule has 0 spiro atoms. The first-order chi connectivity index (χ1) is 6.97. The largest absolute Gasteiger partial charge is 0.0695 e. The Bertz CT molecular complexity index is 315. The summed E-state index contributed by atoms with van der Waals surface area (Å²) in [6, 6.07) is 1.41. The Kier molecular flexibility index (Phi) is 2.93. The second-order valence-electron chi connectivity index (χ2n) is 6.30. The molecule has 0 bridgehead atoms. The molecular formula is C14H23Si. The van der Waals surface area contributed by atoms with Crippen LogP contribution in [0.4, 0.5) is 0 Å². The lowest BCUT2D eigenvalue weighted by atomic mass is 9.88. The average molecular weight is 219 g/mol. The van der Waals surface area contributed by atoms with Crippen molar-refractivity contribution in [1.29, 1.82) is 0 Å². The fourth-order valence-corrected chi connectivity index (χ4v) is 4.54. The van der Waals surface area contributed by atoms with E-state index in [0.717, 1.165) is 0 Å². The van der Waals surface area contributed by atoms with E-state index in [0.29, 0.717) is 5.92 Å². The van der Waals surface area contributed by atoms with Gasteiger partial charge in [-0.15, -0.1) is 0 Å². The molecule has 0 saturated heterocycles. The highest BCUT2D eigenvalue weighted by atomic mass is 28.3. The van der Waals surface area contributed by atoms with Crippen LogP contribution >= 0.6 is 0 Å². The summed E-state index contributed by atoms with van der Waals surface area (Å²) < 4.78 is 0. The summed E-state index contributed by atoms with van der Waals surface area (Å²) in [6.45, 7) is 9.70. The average Bonchev–Trinajstić information content (AvgIpc) is 2.42. The third kappa shape index (κ3) is 2.44. The van der Waals surface area contributed by atoms with Gasteiger partial charge in [0.1, 0.15) is 0 Å². The maximum atomic E-state index is 3.73. The first-order valence-corrected chi connectivity index (χ1v) is 10.0. The quantitative estimate of drug-likeness (QED) is 0.597. The summed E-state index contributed by atoms with van der Waals surface area (Å²) in [5, 5.41) is 0. The van der Waals surface area contributed by atoms with Crippen LogP contribution in [0, 0.1) is 12.0 Å². The second kappa shape index (κ2) is 3.93. The van der Waals surface area contributed by atoms with Crippen molar-refractivity contribution >= 4 is 8.07 Å². The van der Waals surface area contributed by atoms with Gasteiger partial charge in [0.15, 0.2) is 0 Å². The van der Waals surface area contributed by atoms with Gasteiger partial charge in [0.25, 0.3) is 0 Å². The van der Waals surface area contributed by atoms with Gasteiger partial charge in [0.05, 0.1) is 0 Å². The molecule has 0 nitrogen and oxygen atoms in total. The molecule has 0 saturated carbocycles. The van der Waals surface area contributed by atoms with E-state index in [1.807, 2.05) is 0 Å². The van der Waals surface area contributed by atoms with Crippen LogP contribution in [0.15, 0.2) is 16.7 Å². The van der Waals surface area contributed by atoms with Crippen LogP contribution in [0.2, 0.25) is 25.7 Å². The molecule has 0 aromatic rings. The van der Waals surface area contributed by atoms with Crippen LogP contribution in [0.1, 0.15) is 32.6 Å². The predicted octanol–water partition coefficient (Wildman–Crippen LogP) is 4.57. The number of rotatable bonds is 2. The molecule has 2 aliphatic carbocycles. The summed E-state index contributed by atoms with van der Waals surface area (Å²) in [6.07, 6.45) is 9.23. The summed E-state index contributed by atoms with van der Waals surface area (Å²) in [7, 11) is -0.938. The summed E-state index contributed by atoms with van der Waals surface area (Å²) in [4.78, 5) is 0. The fourth-order valence-electron chi connectivity index (χ4n) is 2.96. The second-order valence-corrected chi connectivity index (χ2v) is 11.8. The van der Waals surface area contributed by atoms with Gasteiger partial charge in [-0.2, -0.15) is 0 Å². The number of hydrogen-bond donors (Lipinski definition) is 0. The van der Waals surface area contributed by atoms with E-state index in [1.54, 1.807) is 11.1 Å². The molecule has 83 valence electrons. The lowest BCUT2D eigenvalue weighted by Gasteiger charge is -2.25. The Morgan fingerprint density at radius 2 is 1.87 bits per heavy atom. The molecule has 0 aromatic carbocycles. The molecule has 2 rings (SSSR count). The van der Waals surface area contributed by atoms with E-state index in [4.69, 9.17) is 0 Å². The molecule has 1 radical (unpaired) electrons. The SMILES string of the molecule is CC1=[C]C(C[Si](C)(C)C)C2=C1CCCC2. The molecule has 0 heterocycles. The zero-order chi connectivity index (χ0) is 11.1. The normalized spacial score (nSPS) is 26.7. The number of hydrogen-bond acceptors (Lipinski definition) is 0. The van der Waals surface area contributed by atoms with Crippen molar-refractivity contribution < 1.29 is 0 Å². The van der Waals surface area contributed by atoms with Crippen molar-refractivity contribution in [3.63, 3.8) is 0 Å². The lowest BCUT2D eigenvalue weighted by molar-refractivity contribution is 0.637. The van der Waals surface area contributed by atoms with Crippen molar-refractivity contribution in [2.45, 2.75) is 58.3 Å². The Hall–Kier alpha value is -0.303. The zero-order valence-electron chi connectivity index (χ0n) is 10.6. The van der Waals surface area contributed by atoms with Crippen LogP contribution in [0.5, 0.6) is 0 Å². The third-order valence-corrected chi connectivity index (χ3v) is 5.22. The molecular weight excluding hydrogens is 196 g/mol. The predicted molar refractivity (Wildman–Crippen MR) is 69.6 cm³/mol. The molecule has 0 fully saturated rings. The van der Waals surface area contributed by atoms with Crippen LogP contribution in [-0.2, 0) is 0 Å². The minimum Gasteiger partial charge on any atom is -0.0695 e. The number of allylic oxidation sites excluding steroid dienone is 4. The molecule has 15 heavy (non-hydrogen) atoms. The van der Waals surface area contributed by atoms with Crippen molar-refractivity contribution in [3.05, 3.63) is 22.8 Å². The highest BCUT2D eigenvalue weighted by Gasteiger charge is 2.30. The molecule has 1 unspecified atom stereocenters. The van der Waals surface area contributed by atoms with Gasteiger partial charge in [-0.25, -0.2) is 0 Å². The summed E-state index contributed by atoms with van der Waals surface area (Å²) in [5.74, 6) is 0.701. The van der Waals surface area contributed by atoms with Crippen molar-refractivity contribution in [3.8, 4) is 0 Å². The first kappa shape index (κ1) is 11.2. The molecule has 0 amide bonds. The van der Waals surface area contributed by atoms with E-state index < -0.39 is 8.07 Å². The van der Waals surface area contributed by atoms with Crippen LogP contribution in [0.3, 0.4) is 0 Å². The fraction of sp³-hybridized carbons (Fsp3) is 0.714. The molecule has 1 heteroatoms.